The summed E-state index contributed by atoms with van der Waals surface area (Å²) in [6.45, 7) is 2.65. The second-order valence-electron chi connectivity index (χ2n) is 4.52. The summed E-state index contributed by atoms with van der Waals surface area (Å²) in [5, 5.41) is 0. The first-order chi connectivity index (χ1) is 8.49. The van der Waals surface area contributed by atoms with Gasteiger partial charge in [-0.15, -0.1) is 0 Å². The van der Waals surface area contributed by atoms with Crippen molar-refractivity contribution in [2.45, 2.75) is 26.2 Å². The molecule has 0 aromatic heterocycles. The fourth-order valence-corrected chi connectivity index (χ4v) is 1.69. The number of hydrogen-bond donors (Lipinski definition) is 1. The van der Waals surface area contributed by atoms with Gasteiger partial charge in [0.2, 0.25) is 5.91 Å². The number of rotatable bonds is 6. The molecule has 1 aromatic carbocycles. The monoisotopic (exact) mass is 264 g/mol. The molecule has 98 valence electrons. The van der Waals surface area contributed by atoms with E-state index >= 15 is 0 Å². The quantitative estimate of drug-likeness (QED) is 0.800. The van der Waals surface area contributed by atoms with Crippen molar-refractivity contribution >= 4 is 23.1 Å². The van der Waals surface area contributed by atoms with E-state index in [4.69, 9.17) is 18.0 Å². The van der Waals surface area contributed by atoms with Gasteiger partial charge in [-0.25, -0.2) is 0 Å². The molecule has 2 N–H and O–H groups in total. The first-order valence-corrected chi connectivity index (χ1v) is 6.47. The molecule has 18 heavy (non-hydrogen) atoms. The lowest BCUT2D eigenvalue weighted by atomic mass is 10.1. The molecule has 0 saturated carbocycles. The maximum atomic E-state index is 11.8. The van der Waals surface area contributed by atoms with Crippen molar-refractivity contribution in [3.05, 3.63) is 35.4 Å². The summed E-state index contributed by atoms with van der Waals surface area (Å²) >= 11 is 4.79. The predicted molar refractivity (Wildman–Crippen MR) is 78.5 cm³/mol. The molecule has 0 spiro atoms. The normalized spacial score (nSPS) is 10.1. The molecule has 1 rings (SSSR count). The Balaban J connectivity index is 2.36. The van der Waals surface area contributed by atoms with Gasteiger partial charge in [-0.3, -0.25) is 4.79 Å². The van der Waals surface area contributed by atoms with Crippen LogP contribution in [0.15, 0.2) is 24.3 Å². The average Bonchev–Trinajstić information content (AvgIpc) is 2.34. The van der Waals surface area contributed by atoms with Gasteiger partial charge in [0.05, 0.1) is 4.99 Å². The molecule has 0 fully saturated rings. The number of nitrogens with two attached hydrogens (primary N) is 1. The Hall–Kier alpha value is -1.42. The Labute approximate surface area is 114 Å². The van der Waals surface area contributed by atoms with Crippen LogP contribution in [0.2, 0.25) is 0 Å². The minimum atomic E-state index is 0.131. The smallest absolute Gasteiger partial charge is 0.222 e. The largest absolute Gasteiger partial charge is 0.393 e. The maximum Gasteiger partial charge on any atom is 0.222 e. The highest BCUT2D eigenvalue weighted by Gasteiger charge is 2.08. The van der Waals surface area contributed by atoms with Crippen LogP contribution in [0.5, 0.6) is 0 Å². The summed E-state index contributed by atoms with van der Waals surface area (Å²) in [5.41, 5.74) is 7.84. The van der Waals surface area contributed by atoms with Gasteiger partial charge in [0.15, 0.2) is 0 Å². The van der Waals surface area contributed by atoms with Crippen molar-refractivity contribution in [2.75, 3.05) is 13.6 Å². The highest BCUT2D eigenvalue weighted by Crippen LogP contribution is 2.07. The second-order valence-corrected chi connectivity index (χ2v) is 5.04. The zero-order chi connectivity index (χ0) is 13.5. The highest BCUT2D eigenvalue weighted by molar-refractivity contribution is 7.80. The Morgan fingerprint density at radius 1 is 1.28 bits per heavy atom. The summed E-state index contributed by atoms with van der Waals surface area (Å²) in [6, 6.07) is 8.27. The Morgan fingerprint density at radius 3 is 2.44 bits per heavy atom. The molecule has 4 heteroatoms. The molecule has 0 aliphatic heterocycles. The number of thiocarbonyl (C=S) groups is 1. The lowest BCUT2D eigenvalue weighted by molar-refractivity contribution is -0.129. The van der Waals surface area contributed by atoms with Gasteiger partial charge in [0.25, 0.3) is 0 Å². The van der Waals surface area contributed by atoms with Crippen molar-refractivity contribution in [1.29, 1.82) is 0 Å². The van der Waals surface area contributed by atoms with Crippen LogP contribution in [-0.4, -0.2) is 29.4 Å². The number of hydrogen-bond acceptors (Lipinski definition) is 2. The summed E-state index contributed by atoms with van der Waals surface area (Å²) < 4.78 is 0. The van der Waals surface area contributed by atoms with Crippen molar-refractivity contribution < 1.29 is 4.79 Å². The molecule has 0 bridgehead atoms. The highest BCUT2D eigenvalue weighted by atomic mass is 32.1. The van der Waals surface area contributed by atoms with E-state index in [1.165, 1.54) is 11.1 Å². The SMILES string of the molecule is Cc1ccc(CCC(=O)N(C)CCC(N)=S)cc1. The van der Waals surface area contributed by atoms with Crippen LogP contribution in [-0.2, 0) is 11.2 Å². The maximum absolute atomic E-state index is 11.8. The third-order valence-corrected chi connectivity index (χ3v) is 3.07. The Kier molecular flexibility index (Phi) is 5.78. The molecular formula is C14H20N2OS. The molecule has 0 saturated heterocycles. The molecule has 3 nitrogen and oxygen atoms in total. The van der Waals surface area contributed by atoms with Crippen LogP contribution in [0.1, 0.15) is 24.0 Å². The summed E-state index contributed by atoms with van der Waals surface area (Å²) in [7, 11) is 1.79. The van der Waals surface area contributed by atoms with E-state index in [9.17, 15) is 4.79 Å². The van der Waals surface area contributed by atoms with E-state index < -0.39 is 0 Å². The van der Waals surface area contributed by atoms with Crippen LogP contribution in [0.3, 0.4) is 0 Å². The van der Waals surface area contributed by atoms with Gasteiger partial charge in [-0.1, -0.05) is 42.0 Å². The van der Waals surface area contributed by atoms with E-state index in [0.29, 0.717) is 24.4 Å². The molecule has 0 atom stereocenters. The number of amides is 1. The van der Waals surface area contributed by atoms with Crippen LogP contribution in [0, 0.1) is 6.92 Å². The van der Waals surface area contributed by atoms with Crippen LogP contribution >= 0.6 is 12.2 Å². The Morgan fingerprint density at radius 2 is 1.89 bits per heavy atom. The van der Waals surface area contributed by atoms with Crippen LogP contribution in [0.4, 0.5) is 0 Å². The van der Waals surface area contributed by atoms with Crippen molar-refractivity contribution in [3.8, 4) is 0 Å². The summed E-state index contributed by atoms with van der Waals surface area (Å²) in [5.74, 6) is 0.131. The van der Waals surface area contributed by atoms with Crippen molar-refractivity contribution in [1.82, 2.24) is 4.90 Å². The molecule has 1 aromatic rings. The average molecular weight is 264 g/mol. The van der Waals surface area contributed by atoms with E-state index in [1.54, 1.807) is 11.9 Å². The number of nitrogens with zero attached hydrogens (tertiary/aromatic N) is 1. The van der Waals surface area contributed by atoms with Crippen molar-refractivity contribution in [3.63, 3.8) is 0 Å². The van der Waals surface area contributed by atoms with E-state index in [0.717, 1.165) is 6.42 Å². The van der Waals surface area contributed by atoms with Gasteiger partial charge in [-0.05, 0) is 18.9 Å². The van der Waals surface area contributed by atoms with Crippen LogP contribution in [0.25, 0.3) is 0 Å². The summed E-state index contributed by atoms with van der Waals surface area (Å²) in [4.78, 5) is 14.0. The number of carbonyl (C=O) groups excluding carboxylic acids is 1. The first kappa shape index (κ1) is 14.6. The van der Waals surface area contributed by atoms with Gasteiger partial charge in [-0.2, -0.15) is 0 Å². The molecule has 1 amide bonds. The van der Waals surface area contributed by atoms with Crippen molar-refractivity contribution in [2.24, 2.45) is 5.73 Å². The topological polar surface area (TPSA) is 46.3 Å². The summed E-state index contributed by atoms with van der Waals surface area (Å²) in [6.07, 6.45) is 1.88. The zero-order valence-electron chi connectivity index (χ0n) is 11.0. The van der Waals surface area contributed by atoms with Gasteiger partial charge in [0.1, 0.15) is 0 Å². The molecule has 0 aliphatic carbocycles. The van der Waals surface area contributed by atoms with Gasteiger partial charge >= 0.3 is 0 Å². The van der Waals surface area contributed by atoms with Gasteiger partial charge in [0, 0.05) is 26.4 Å². The number of aryl methyl sites for hydroxylation is 2. The minimum absolute atomic E-state index is 0.131. The van der Waals surface area contributed by atoms with Gasteiger partial charge < -0.3 is 10.6 Å². The third kappa shape index (κ3) is 5.27. The second kappa shape index (κ2) is 7.11. The van der Waals surface area contributed by atoms with E-state index in [-0.39, 0.29) is 5.91 Å². The molecule has 0 unspecified atom stereocenters. The molecule has 0 radical (unpaired) electrons. The molecule has 0 aliphatic rings. The first-order valence-electron chi connectivity index (χ1n) is 6.07. The number of carbonyl (C=O) groups is 1. The fourth-order valence-electron chi connectivity index (χ4n) is 1.60. The zero-order valence-corrected chi connectivity index (χ0v) is 11.8. The predicted octanol–water partition coefficient (Wildman–Crippen LogP) is 2.06. The van der Waals surface area contributed by atoms with Crippen LogP contribution < -0.4 is 5.73 Å². The molecular weight excluding hydrogens is 244 g/mol. The van der Waals surface area contributed by atoms with E-state index in [2.05, 4.69) is 31.2 Å². The minimum Gasteiger partial charge on any atom is -0.393 e. The van der Waals surface area contributed by atoms with E-state index in [1.807, 2.05) is 0 Å². The lowest BCUT2D eigenvalue weighted by Crippen LogP contribution is -2.30. The standard InChI is InChI=1S/C14H20N2OS/c1-11-3-5-12(6-4-11)7-8-14(17)16(2)10-9-13(15)18/h3-6H,7-10H2,1-2H3,(H2,15,18). The lowest BCUT2D eigenvalue weighted by Gasteiger charge is -2.16. The Bertz CT molecular complexity index is 414. The fraction of sp³-hybridized carbons (Fsp3) is 0.429. The third-order valence-electron chi connectivity index (χ3n) is 2.87. The molecule has 0 heterocycles. The number of benzene rings is 1.